The van der Waals surface area contributed by atoms with Crippen LogP contribution >= 0.6 is 0 Å². The second-order valence-electron chi connectivity index (χ2n) is 11.2. The van der Waals surface area contributed by atoms with Crippen LogP contribution in [0.5, 0.6) is 0 Å². The molecule has 0 saturated carbocycles. The average Bonchev–Trinajstić information content (AvgIpc) is 3.16. The molecule has 0 amide bonds. The molecule has 0 nitrogen and oxygen atoms in total. The van der Waals surface area contributed by atoms with Gasteiger partial charge in [-0.3, -0.25) is 0 Å². The van der Waals surface area contributed by atoms with Crippen LogP contribution in [0, 0.1) is 39.0 Å². The van der Waals surface area contributed by atoms with E-state index in [1.807, 2.05) is 0 Å². The Bertz CT molecular complexity index is 1130. The van der Waals surface area contributed by atoms with E-state index >= 15 is 0 Å². The summed E-state index contributed by atoms with van der Waals surface area (Å²) in [6.07, 6.45) is 5.17. The number of hydrogen-bond donors (Lipinski definition) is 0. The predicted octanol–water partition coefficient (Wildman–Crippen LogP) is 2.33. The van der Waals surface area contributed by atoms with Crippen LogP contribution in [0.25, 0.3) is 11.1 Å². The molecule has 0 heterocycles. The molecule has 0 spiro atoms. The van der Waals surface area contributed by atoms with E-state index in [0.717, 1.165) is 0 Å². The average molecular weight is 561 g/mol. The Morgan fingerprint density at radius 3 is 1.55 bits per heavy atom. The van der Waals surface area contributed by atoms with Gasteiger partial charge < -0.3 is 24.8 Å². The summed E-state index contributed by atoms with van der Waals surface area (Å²) in [5, 5.41) is 0. The minimum absolute atomic E-state index is 0. The van der Waals surface area contributed by atoms with Crippen molar-refractivity contribution < 1.29 is 46.1 Å². The summed E-state index contributed by atoms with van der Waals surface area (Å²) < 4.78 is 4.09. The van der Waals surface area contributed by atoms with Crippen molar-refractivity contribution in [3.63, 3.8) is 0 Å². The summed E-state index contributed by atoms with van der Waals surface area (Å²) in [5.41, 5.74) is 13.7. The molecule has 2 aliphatic carbocycles. The molecule has 33 heavy (non-hydrogen) atoms. The molecule has 0 bridgehead atoms. The Balaban J connectivity index is 0.00000193. The molecule has 2 aromatic rings. The maximum atomic E-state index is 2.62. The van der Waals surface area contributed by atoms with Gasteiger partial charge in [-0.2, -0.15) is 0 Å². The van der Waals surface area contributed by atoms with E-state index in [2.05, 4.69) is 106 Å². The van der Waals surface area contributed by atoms with Crippen LogP contribution in [0.2, 0.25) is 0 Å². The van der Waals surface area contributed by atoms with E-state index in [-0.39, 0.29) is 30.2 Å². The van der Waals surface area contributed by atoms with Gasteiger partial charge in [-0.25, -0.2) is 0 Å². The first-order valence-corrected chi connectivity index (χ1v) is 15.6. The molecule has 2 aliphatic rings. The summed E-state index contributed by atoms with van der Waals surface area (Å²) in [5.74, 6) is 0.573. The SMILES string of the molecule is C[C](C)=[Zr+2]([C]1=CC(C(C)(C)C)=CC1C)[CH]1c2cc(C)c(C)cc2-c2cc(C)c(C)cc21.[Cl-].[Cl-]. The third kappa shape index (κ3) is 4.98. The molecule has 2 aromatic carbocycles. The third-order valence-electron chi connectivity index (χ3n) is 7.48. The minimum atomic E-state index is -2.16. The van der Waals surface area contributed by atoms with Gasteiger partial charge in [-0.1, -0.05) is 0 Å². The second kappa shape index (κ2) is 10.1. The first-order chi connectivity index (χ1) is 14.4. The van der Waals surface area contributed by atoms with Gasteiger partial charge in [0.25, 0.3) is 0 Å². The molecule has 0 N–H and O–H groups in total. The summed E-state index contributed by atoms with van der Waals surface area (Å²) in [6, 6.07) is 9.99. The van der Waals surface area contributed by atoms with E-state index in [9.17, 15) is 0 Å². The first-order valence-electron chi connectivity index (χ1n) is 11.7. The van der Waals surface area contributed by atoms with Crippen molar-refractivity contribution in [2.24, 2.45) is 11.3 Å². The first kappa shape index (κ1) is 28.5. The van der Waals surface area contributed by atoms with Gasteiger partial charge in [0, 0.05) is 0 Å². The molecule has 176 valence electrons. The summed E-state index contributed by atoms with van der Waals surface area (Å²) in [7, 11) is 0. The van der Waals surface area contributed by atoms with Crippen molar-refractivity contribution in [2.45, 2.75) is 72.9 Å². The van der Waals surface area contributed by atoms with Crippen LogP contribution in [0.1, 0.15) is 78.5 Å². The van der Waals surface area contributed by atoms with Crippen LogP contribution < -0.4 is 24.8 Å². The smallest absolute Gasteiger partial charge is 1.00 e. The minimum Gasteiger partial charge on any atom is -1.00 e. The molecule has 3 heteroatoms. The molecule has 1 atom stereocenters. The maximum Gasteiger partial charge on any atom is -1.00 e. The van der Waals surface area contributed by atoms with Gasteiger partial charge >= 0.3 is 198 Å². The Kier molecular flexibility index (Phi) is 8.71. The van der Waals surface area contributed by atoms with E-state index in [4.69, 9.17) is 0 Å². The number of fused-ring (bicyclic) bond motifs is 3. The fraction of sp³-hybridized carbons (Fsp3) is 0.433. The second-order valence-corrected chi connectivity index (χ2v) is 18.5. The van der Waals surface area contributed by atoms with Crippen molar-refractivity contribution in [1.82, 2.24) is 0 Å². The Morgan fingerprint density at radius 2 is 1.18 bits per heavy atom. The standard InChI is InChI=1S/C17H17.C10H15.C3H6.2ClH.Zr/c1-10-5-14-9-15-6-11(2)13(4)8-17(15)16(14)7-12(10)3;1-8-5-6-9(7-8)10(2,3)4;1-3-2;;;/h5-9H,1-4H3;6-8H,1-4H3;1-2H3;2*1H;/q;;;;;+2/p-2. The number of benzene rings is 2. The quantitative estimate of drug-likeness (QED) is 0.529. The Labute approximate surface area is 221 Å². The van der Waals surface area contributed by atoms with E-state index in [1.54, 1.807) is 17.6 Å². The summed E-state index contributed by atoms with van der Waals surface area (Å²) in [4.78, 5) is 0. The Hall–Kier alpha value is -0.747. The molecule has 0 aromatic heterocycles. The van der Waals surface area contributed by atoms with Crippen molar-refractivity contribution in [3.8, 4) is 11.1 Å². The fourth-order valence-corrected chi connectivity index (χ4v) is 13.9. The Morgan fingerprint density at radius 1 is 0.758 bits per heavy atom. The van der Waals surface area contributed by atoms with Crippen LogP contribution in [-0.4, -0.2) is 3.21 Å². The normalized spacial score (nSPS) is 16.6. The van der Waals surface area contributed by atoms with Crippen molar-refractivity contribution in [2.75, 3.05) is 0 Å². The summed E-state index contributed by atoms with van der Waals surface area (Å²) in [6.45, 7) is 23.5. The van der Waals surface area contributed by atoms with Gasteiger partial charge in [-0.05, 0) is 0 Å². The van der Waals surface area contributed by atoms with Gasteiger partial charge in [0.05, 0.1) is 0 Å². The number of rotatable bonds is 2. The van der Waals surface area contributed by atoms with Crippen molar-refractivity contribution in [3.05, 3.63) is 78.7 Å². The third-order valence-corrected chi connectivity index (χ3v) is 16.1. The monoisotopic (exact) mass is 558 g/mol. The van der Waals surface area contributed by atoms with Gasteiger partial charge in [-0.15, -0.1) is 0 Å². The fourth-order valence-electron chi connectivity index (χ4n) is 5.34. The van der Waals surface area contributed by atoms with Crippen LogP contribution in [-0.2, 0) is 21.3 Å². The molecular formula is C30H38Cl2Zr. The predicted molar refractivity (Wildman–Crippen MR) is 134 cm³/mol. The zero-order valence-corrected chi connectivity index (χ0v) is 25.8. The molecule has 0 radical (unpaired) electrons. The molecular weight excluding hydrogens is 522 g/mol. The van der Waals surface area contributed by atoms with Gasteiger partial charge in [0.15, 0.2) is 0 Å². The zero-order chi connectivity index (χ0) is 22.8. The van der Waals surface area contributed by atoms with E-state index in [1.165, 1.54) is 39.0 Å². The number of aryl methyl sites for hydroxylation is 4. The van der Waals surface area contributed by atoms with Gasteiger partial charge in [0.1, 0.15) is 0 Å². The molecule has 0 aliphatic heterocycles. The molecule has 0 fully saturated rings. The summed E-state index contributed by atoms with van der Waals surface area (Å²) >= 11 is -2.16. The zero-order valence-electron chi connectivity index (χ0n) is 21.9. The molecule has 1 unspecified atom stereocenters. The number of hydrogen-bond acceptors (Lipinski definition) is 0. The van der Waals surface area contributed by atoms with Crippen molar-refractivity contribution >= 4 is 3.21 Å². The maximum absolute atomic E-state index is 2.62. The van der Waals surface area contributed by atoms with Crippen molar-refractivity contribution in [1.29, 1.82) is 0 Å². The van der Waals surface area contributed by atoms with E-state index in [0.29, 0.717) is 9.54 Å². The van der Waals surface area contributed by atoms with E-state index < -0.39 is 21.3 Å². The number of halogens is 2. The molecule has 0 saturated heterocycles. The largest absolute Gasteiger partial charge is 1.00 e. The van der Waals surface area contributed by atoms with Crippen LogP contribution in [0.3, 0.4) is 0 Å². The van der Waals surface area contributed by atoms with Crippen LogP contribution in [0.4, 0.5) is 0 Å². The number of allylic oxidation sites excluding steroid dienone is 4. The van der Waals surface area contributed by atoms with Crippen LogP contribution in [0.15, 0.2) is 45.3 Å². The van der Waals surface area contributed by atoms with Gasteiger partial charge in [0.2, 0.25) is 0 Å². The molecule has 4 rings (SSSR count). The topological polar surface area (TPSA) is 0 Å².